The zero-order valence-electron chi connectivity index (χ0n) is 11.7. The van der Waals surface area contributed by atoms with E-state index in [0.29, 0.717) is 5.56 Å². The molecular formula is C17H19NO2. The molecule has 104 valence electrons. The Hall–Kier alpha value is -2.03. The van der Waals surface area contributed by atoms with E-state index in [0.717, 1.165) is 43.1 Å². The zero-order chi connectivity index (χ0) is 14.1. The Labute approximate surface area is 118 Å². The van der Waals surface area contributed by atoms with Crippen molar-refractivity contribution in [3.05, 3.63) is 41.5 Å². The molecule has 2 aromatic rings. The van der Waals surface area contributed by atoms with E-state index in [2.05, 4.69) is 6.92 Å². The van der Waals surface area contributed by atoms with Gasteiger partial charge in [0.25, 0.3) is 5.91 Å². The molecule has 0 aromatic heterocycles. The van der Waals surface area contributed by atoms with E-state index in [4.69, 9.17) is 0 Å². The third kappa shape index (κ3) is 2.24. The van der Waals surface area contributed by atoms with Gasteiger partial charge in [0, 0.05) is 24.0 Å². The molecule has 3 heteroatoms. The number of hydrogen-bond donors (Lipinski definition) is 1. The lowest BCUT2D eigenvalue weighted by molar-refractivity contribution is 0.0792. The number of carbonyl (C=O) groups excluding carboxylic acids is 1. The number of likely N-dealkylation sites (tertiary alicyclic amines) is 1. The van der Waals surface area contributed by atoms with E-state index in [1.165, 1.54) is 5.56 Å². The van der Waals surface area contributed by atoms with Crippen LogP contribution in [0.2, 0.25) is 0 Å². The minimum atomic E-state index is 0.0271. The van der Waals surface area contributed by atoms with E-state index >= 15 is 0 Å². The number of aromatic hydroxyl groups is 1. The van der Waals surface area contributed by atoms with Crippen LogP contribution >= 0.6 is 0 Å². The molecule has 1 saturated heterocycles. The fourth-order valence-electron chi connectivity index (χ4n) is 2.83. The Morgan fingerprint density at radius 2 is 1.95 bits per heavy atom. The molecule has 3 rings (SSSR count). The van der Waals surface area contributed by atoms with Gasteiger partial charge in [-0.2, -0.15) is 0 Å². The Kier molecular flexibility index (Phi) is 3.35. The van der Waals surface area contributed by atoms with Gasteiger partial charge in [-0.3, -0.25) is 4.79 Å². The van der Waals surface area contributed by atoms with Crippen LogP contribution in [0.5, 0.6) is 5.75 Å². The molecule has 1 aliphatic rings. The number of hydrogen-bond acceptors (Lipinski definition) is 2. The molecule has 1 fully saturated rings. The lowest BCUT2D eigenvalue weighted by Crippen LogP contribution is -2.27. The first-order valence-electron chi connectivity index (χ1n) is 7.24. The van der Waals surface area contributed by atoms with Crippen molar-refractivity contribution < 1.29 is 9.90 Å². The maximum absolute atomic E-state index is 12.4. The third-order valence-electron chi connectivity index (χ3n) is 4.05. The molecule has 3 nitrogen and oxygen atoms in total. The van der Waals surface area contributed by atoms with Crippen LogP contribution < -0.4 is 0 Å². The summed E-state index contributed by atoms with van der Waals surface area (Å²) < 4.78 is 0. The summed E-state index contributed by atoms with van der Waals surface area (Å²) in [5.74, 6) is 0.222. The number of benzene rings is 2. The van der Waals surface area contributed by atoms with Crippen molar-refractivity contribution in [2.24, 2.45) is 0 Å². The predicted molar refractivity (Wildman–Crippen MR) is 80.1 cm³/mol. The molecule has 0 atom stereocenters. The van der Waals surface area contributed by atoms with Crippen molar-refractivity contribution in [1.29, 1.82) is 0 Å². The topological polar surface area (TPSA) is 40.5 Å². The number of carbonyl (C=O) groups is 1. The molecule has 0 unspecified atom stereocenters. The Bertz CT molecular complexity index is 657. The van der Waals surface area contributed by atoms with Gasteiger partial charge in [-0.15, -0.1) is 0 Å². The number of nitrogens with zero attached hydrogens (tertiary/aromatic N) is 1. The number of phenolic OH excluding ortho intramolecular Hbond substituents is 1. The van der Waals surface area contributed by atoms with Crippen LogP contribution in [0.4, 0.5) is 0 Å². The number of rotatable bonds is 2. The summed E-state index contributed by atoms with van der Waals surface area (Å²) in [6.45, 7) is 3.74. The predicted octanol–water partition coefficient (Wildman–Crippen LogP) is 3.34. The molecule has 2 aromatic carbocycles. The smallest absolute Gasteiger partial charge is 0.254 e. The van der Waals surface area contributed by atoms with Crippen LogP contribution in [-0.2, 0) is 6.42 Å². The molecule has 1 aliphatic heterocycles. The quantitative estimate of drug-likeness (QED) is 0.908. The summed E-state index contributed by atoms with van der Waals surface area (Å²) in [7, 11) is 0. The average Bonchev–Trinajstić information content (AvgIpc) is 3.00. The van der Waals surface area contributed by atoms with Crippen molar-refractivity contribution >= 4 is 16.7 Å². The largest absolute Gasteiger partial charge is 0.507 e. The Morgan fingerprint density at radius 3 is 2.65 bits per heavy atom. The van der Waals surface area contributed by atoms with Gasteiger partial charge in [0.1, 0.15) is 5.75 Å². The number of fused-ring (bicyclic) bond motifs is 1. The normalized spacial score (nSPS) is 14.9. The Morgan fingerprint density at radius 1 is 1.20 bits per heavy atom. The highest BCUT2D eigenvalue weighted by atomic mass is 16.3. The minimum Gasteiger partial charge on any atom is -0.507 e. The van der Waals surface area contributed by atoms with Gasteiger partial charge in [0.05, 0.1) is 0 Å². The lowest BCUT2D eigenvalue weighted by atomic mass is 10.0. The van der Waals surface area contributed by atoms with Gasteiger partial charge in [-0.25, -0.2) is 0 Å². The molecule has 0 saturated carbocycles. The lowest BCUT2D eigenvalue weighted by Gasteiger charge is -2.16. The summed E-state index contributed by atoms with van der Waals surface area (Å²) in [6.07, 6.45) is 3.08. The van der Waals surface area contributed by atoms with Crippen LogP contribution in [-0.4, -0.2) is 29.0 Å². The third-order valence-corrected chi connectivity index (χ3v) is 4.05. The van der Waals surface area contributed by atoms with Crippen molar-refractivity contribution in [3.63, 3.8) is 0 Å². The first kappa shape index (κ1) is 13.0. The molecule has 1 N–H and O–H groups in total. The van der Waals surface area contributed by atoms with Crippen molar-refractivity contribution in [1.82, 2.24) is 4.90 Å². The fourth-order valence-corrected chi connectivity index (χ4v) is 2.83. The van der Waals surface area contributed by atoms with Gasteiger partial charge < -0.3 is 10.0 Å². The SMILES string of the molecule is CCc1ccc2cc(C(=O)N3CCCC3)cc(O)c2c1. The summed E-state index contributed by atoms with van der Waals surface area (Å²) in [4.78, 5) is 14.2. The van der Waals surface area contributed by atoms with Gasteiger partial charge in [-0.1, -0.05) is 19.1 Å². The highest BCUT2D eigenvalue weighted by molar-refractivity contribution is 6.01. The number of aryl methyl sites for hydroxylation is 1. The van der Waals surface area contributed by atoms with Crippen molar-refractivity contribution in [3.8, 4) is 5.75 Å². The van der Waals surface area contributed by atoms with Gasteiger partial charge in [0.15, 0.2) is 0 Å². The summed E-state index contributed by atoms with van der Waals surface area (Å²) in [6, 6.07) is 9.51. The van der Waals surface area contributed by atoms with Crippen LogP contribution in [0.3, 0.4) is 0 Å². The van der Waals surface area contributed by atoms with Gasteiger partial charge in [0.2, 0.25) is 0 Å². The number of phenols is 1. The van der Waals surface area contributed by atoms with Crippen LogP contribution in [0.15, 0.2) is 30.3 Å². The highest BCUT2D eigenvalue weighted by Crippen LogP contribution is 2.28. The van der Waals surface area contributed by atoms with Crippen molar-refractivity contribution in [2.45, 2.75) is 26.2 Å². The van der Waals surface area contributed by atoms with Crippen LogP contribution in [0.25, 0.3) is 10.8 Å². The zero-order valence-corrected chi connectivity index (χ0v) is 11.7. The molecule has 0 bridgehead atoms. The Balaban J connectivity index is 2.03. The highest BCUT2D eigenvalue weighted by Gasteiger charge is 2.20. The van der Waals surface area contributed by atoms with Gasteiger partial charge >= 0.3 is 0 Å². The molecule has 20 heavy (non-hydrogen) atoms. The second-order valence-corrected chi connectivity index (χ2v) is 5.40. The summed E-state index contributed by atoms with van der Waals surface area (Å²) in [5.41, 5.74) is 1.77. The molecule has 1 heterocycles. The van der Waals surface area contributed by atoms with E-state index in [1.54, 1.807) is 6.07 Å². The van der Waals surface area contributed by atoms with E-state index in [9.17, 15) is 9.90 Å². The summed E-state index contributed by atoms with van der Waals surface area (Å²) >= 11 is 0. The van der Waals surface area contributed by atoms with Crippen molar-refractivity contribution in [2.75, 3.05) is 13.1 Å². The molecular weight excluding hydrogens is 250 g/mol. The van der Waals surface area contributed by atoms with E-state index in [-0.39, 0.29) is 11.7 Å². The molecule has 0 spiro atoms. The second kappa shape index (κ2) is 5.16. The van der Waals surface area contributed by atoms with Crippen LogP contribution in [0, 0.1) is 0 Å². The standard InChI is InChI=1S/C17H19NO2/c1-2-12-5-6-13-10-14(11-16(19)15(13)9-12)17(20)18-7-3-4-8-18/h5-6,9-11,19H,2-4,7-8H2,1H3. The molecule has 0 radical (unpaired) electrons. The second-order valence-electron chi connectivity index (χ2n) is 5.40. The van der Waals surface area contributed by atoms with Crippen LogP contribution in [0.1, 0.15) is 35.7 Å². The maximum atomic E-state index is 12.4. The first-order chi connectivity index (χ1) is 9.69. The van der Waals surface area contributed by atoms with E-state index in [1.807, 2.05) is 29.2 Å². The monoisotopic (exact) mass is 269 g/mol. The minimum absolute atomic E-state index is 0.0271. The molecule has 1 amide bonds. The summed E-state index contributed by atoms with van der Waals surface area (Å²) in [5, 5.41) is 11.9. The molecule has 0 aliphatic carbocycles. The number of amides is 1. The van der Waals surface area contributed by atoms with Gasteiger partial charge in [-0.05, 0) is 48.4 Å². The average molecular weight is 269 g/mol. The first-order valence-corrected chi connectivity index (χ1v) is 7.24. The fraction of sp³-hybridized carbons (Fsp3) is 0.353. The maximum Gasteiger partial charge on any atom is 0.254 e. The van der Waals surface area contributed by atoms with E-state index < -0.39 is 0 Å².